The molecule has 2 aromatic rings. The number of halogens is 3. The quantitative estimate of drug-likeness (QED) is 0.678. The maximum absolute atomic E-state index is 13.1. The molecule has 0 aliphatic heterocycles. The van der Waals surface area contributed by atoms with E-state index in [9.17, 15) is 9.18 Å². The molecule has 0 bridgehead atoms. The van der Waals surface area contributed by atoms with E-state index < -0.39 is 5.97 Å². The van der Waals surface area contributed by atoms with Crippen molar-refractivity contribution in [3.05, 3.63) is 62.8 Å². The first kappa shape index (κ1) is 16.8. The fourth-order valence-corrected chi connectivity index (χ4v) is 2.78. The summed E-state index contributed by atoms with van der Waals surface area (Å²) in [5.74, 6) is -0.398. The van der Waals surface area contributed by atoms with E-state index in [1.807, 2.05) is 0 Å². The summed E-state index contributed by atoms with van der Waals surface area (Å²) in [6, 6.07) is 9.15. The third kappa shape index (κ3) is 4.21. The highest BCUT2D eigenvalue weighted by Crippen LogP contribution is 2.35. The Balaban J connectivity index is 2.16. The van der Waals surface area contributed by atoms with Crippen molar-refractivity contribution in [2.24, 2.45) is 0 Å². The van der Waals surface area contributed by atoms with E-state index in [-0.39, 0.29) is 24.1 Å². The molecule has 0 unspecified atom stereocenters. The van der Waals surface area contributed by atoms with Crippen molar-refractivity contribution >= 4 is 33.5 Å². The highest BCUT2D eigenvalue weighted by molar-refractivity contribution is 9.10. The zero-order valence-electron chi connectivity index (χ0n) is 11.7. The molecular weight excluding hydrogens is 375 g/mol. The lowest BCUT2D eigenvalue weighted by Gasteiger charge is -2.12. The summed E-state index contributed by atoms with van der Waals surface area (Å²) in [5, 5.41) is 0.272. The normalized spacial score (nSPS) is 10.4. The highest BCUT2D eigenvalue weighted by Gasteiger charge is 2.14. The second kappa shape index (κ2) is 7.61. The van der Waals surface area contributed by atoms with Crippen molar-refractivity contribution in [1.29, 1.82) is 0 Å². The molecule has 0 spiro atoms. The van der Waals surface area contributed by atoms with E-state index in [0.29, 0.717) is 21.3 Å². The van der Waals surface area contributed by atoms with E-state index in [1.54, 1.807) is 25.1 Å². The molecule has 0 aromatic heterocycles. The van der Waals surface area contributed by atoms with Gasteiger partial charge in [-0.2, -0.15) is 0 Å². The van der Waals surface area contributed by atoms with E-state index >= 15 is 0 Å². The Hall–Kier alpha value is -1.59. The van der Waals surface area contributed by atoms with E-state index in [2.05, 4.69) is 15.9 Å². The van der Waals surface area contributed by atoms with Crippen LogP contribution < -0.4 is 4.74 Å². The van der Waals surface area contributed by atoms with Crippen molar-refractivity contribution in [2.45, 2.75) is 13.5 Å². The molecule has 0 fully saturated rings. The summed E-state index contributed by atoms with van der Waals surface area (Å²) >= 11 is 9.45. The molecule has 6 heteroatoms. The zero-order chi connectivity index (χ0) is 16.1. The molecule has 22 heavy (non-hydrogen) atoms. The van der Waals surface area contributed by atoms with Gasteiger partial charge in [-0.3, -0.25) is 0 Å². The Kier molecular flexibility index (Phi) is 5.80. The zero-order valence-corrected chi connectivity index (χ0v) is 14.1. The van der Waals surface area contributed by atoms with Gasteiger partial charge in [0.1, 0.15) is 12.4 Å². The van der Waals surface area contributed by atoms with Crippen molar-refractivity contribution < 1.29 is 18.7 Å². The lowest BCUT2D eigenvalue weighted by atomic mass is 10.2. The largest absolute Gasteiger partial charge is 0.486 e. The van der Waals surface area contributed by atoms with Crippen LogP contribution in [0.15, 0.2) is 40.9 Å². The average molecular weight is 388 g/mol. The van der Waals surface area contributed by atoms with Crippen LogP contribution in [0, 0.1) is 5.82 Å². The fourth-order valence-electron chi connectivity index (χ4n) is 1.81. The third-order valence-corrected chi connectivity index (χ3v) is 3.65. The van der Waals surface area contributed by atoms with Crippen LogP contribution in [0.2, 0.25) is 5.02 Å². The molecule has 0 aliphatic carbocycles. The van der Waals surface area contributed by atoms with Gasteiger partial charge < -0.3 is 9.47 Å². The average Bonchev–Trinajstić information content (AvgIpc) is 2.46. The van der Waals surface area contributed by atoms with Crippen LogP contribution in [0.3, 0.4) is 0 Å². The second-order valence-electron chi connectivity index (χ2n) is 4.41. The standard InChI is InChI=1S/C16H13BrClFO3/c1-2-21-16(20)11-7-13(17)15(14(18)8-11)22-9-10-4-3-5-12(19)6-10/h3-8H,2,9H2,1H3. The van der Waals surface area contributed by atoms with Gasteiger partial charge in [0.05, 0.1) is 21.7 Å². The van der Waals surface area contributed by atoms with Crippen LogP contribution in [0.1, 0.15) is 22.8 Å². The molecule has 0 aliphatic rings. The van der Waals surface area contributed by atoms with Gasteiger partial charge in [0.15, 0.2) is 5.75 Å². The van der Waals surface area contributed by atoms with Gasteiger partial charge in [-0.05, 0) is 52.7 Å². The van der Waals surface area contributed by atoms with Crippen molar-refractivity contribution in [2.75, 3.05) is 6.61 Å². The van der Waals surface area contributed by atoms with E-state index in [0.717, 1.165) is 0 Å². The molecule has 2 aromatic carbocycles. The molecule has 0 radical (unpaired) electrons. The Bertz CT molecular complexity index is 668. The number of ether oxygens (including phenoxy) is 2. The van der Waals surface area contributed by atoms with Crippen LogP contribution in [0.5, 0.6) is 5.75 Å². The second-order valence-corrected chi connectivity index (χ2v) is 5.67. The predicted molar refractivity (Wildman–Crippen MR) is 85.8 cm³/mol. The van der Waals surface area contributed by atoms with Crippen LogP contribution >= 0.6 is 27.5 Å². The Morgan fingerprint density at radius 3 is 2.73 bits per heavy atom. The van der Waals surface area contributed by atoms with Gasteiger partial charge in [-0.1, -0.05) is 23.7 Å². The lowest BCUT2D eigenvalue weighted by Crippen LogP contribution is -2.05. The van der Waals surface area contributed by atoms with Gasteiger partial charge in [-0.25, -0.2) is 9.18 Å². The smallest absolute Gasteiger partial charge is 0.338 e. The van der Waals surface area contributed by atoms with Crippen LogP contribution in [-0.2, 0) is 11.3 Å². The fraction of sp³-hybridized carbons (Fsp3) is 0.188. The van der Waals surface area contributed by atoms with Crippen LogP contribution in [-0.4, -0.2) is 12.6 Å². The molecule has 0 saturated carbocycles. The predicted octanol–water partition coefficient (Wildman–Crippen LogP) is 5.00. The van der Waals surface area contributed by atoms with Gasteiger partial charge in [0, 0.05) is 0 Å². The molecule has 116 valence electrons. The summed E-state index contributed by atoms with van der Waals surface area (Å²) in [6.45, 7) is 2.17. The maximum atomic E-state index is 13.1. The monoisotopic (exact) mass is 386 g/mol. The first-order valence-electron chi connectivity index (χ1n) is 6.54. The lowest BCUT2D eigenvalue weighted by molar-refractivity contribution is 0.0526. The molecule has 0 N–H and O–H groups in total. The SMILES string of the molecule is CCOC(=O)c1cc(Cl)c(OCc2cccc(F)c2)c(Br)c1. The van der Waals surface area contributed by atoms with Gasteiger partial charge in [-0.15, -0.1) is 0 Å². The first-order chi connectivity index (χ1) is 10.5. The Labute approximate surface area is 141 Å². The van der Waals surface area contributed by atoms with E-state index in [1.165, 1.54) is 18.2 Å². The maximum Gasteiger partial charge on any atom is 0.338 e. The molecule has 3 nitrogen and oxygen atoms in total. The van der Waals surface area contributed by atoms with Gasteiger partial charge in [0.25, 0.3) is 0 Å². The minimum Gasteiger partial charge on any atom is -0.486 e. The Morgan fingerprint density at radius 1 is 1.32 bits per heavy atom. The molecule has 0 amide bonds. The van der Waals surface area contributed by atoms with E-state index in [4.69, 9.17) is 21.1 Å². The van der Waals surface area contributed by atoms with Gasteiger partial charge >= 0.3 is 5.97 Å². The third-order valence-electron chi connectivity index (χ3n) is 2.78. The molecule has 0 atom stereocenters. The van der Waals surface area contributed by atoms with Crippen molar-refractivity contribution in [1.82, 2.24) is 0 Å². The summed E-state index contributed by atoms with van der Waals surface area (Å²) in [6.07, 6.45) is 0. The molecule has 2 rings (SSSR count). The number of carbonyl (C=O) groups is 1. The number of hydrogen-bond acceptors (Lipinski definition) is 3. The molecular formula is C16H13BrClFO3. The molecule has 0 heterocycles. The van der Waals surface area contributed by atoms with Gasteiger partial charge in [0.2, 0.25) is 0 Å². The summed E-state index contributed by atoms with van der Waals surface area (Å²) in [4.78, 5) is 11.7. The molecule has 0 saturated heterocycles. The summed E-state index contributed by atoms with van der Waals surface area (Å²) < 4.78 is 24.2. The topological polar surface area (TPSA) is 35.5 Å². The number of hydrogen-bond donors (Lipinski definition) is 0. The Morgan fingerprint density at radius 2 is 2.09 bits per heavy atom. The number of esters is 1. The number of carbonyl (C=O) groups excluding carboxylic acids is 1. The number of rotatable bonds is 5. The van der Waals surface area contributed by atoms with Crippen molar-refractivity contribution in [3.8, 4) is 5.75 Å². The highest BCUT2D eigenvalue weighted by atomic mass is 79.9. The minimum absolute atomic E-state index is 0.162. The van der Waals surface area contributed by atoms with Crippen molar-refractivity contribution in [3.63, 3.8) is 0 Å². The summed E-state index contributed by atoms with van der Waals surface area (Å²) in [5.41, 5.74) is 1.01. The van der Waals surface area contributed by atoms with Crippen LogP contribution in [0.4, 0.5) is 4.39 Å². The minimum atomic E-state index is -0.457. The summed E-state index contributed by atoms with van der Waals surface area (Å²) in [7, 11) is 0. The number of benzene rings is 2. The first-order valence-corrected chi connectivity index (χ1v) is 7.71. The van der Waals surface area contributed by atoms with Crippen LogP contribution in [0.25, 0.3) is 0 Å².